The lowest BCUT2D eigenvalue weighted by molar-refractivity contribution is -0.121. The van der Waals surface area contributed by atoms with E-state index in [0.717, 1.165) is 16.9 Å². The molecule has 0 aliphatic carbocycles. The zero-order valence-corrected chi connectivity index (χ0v) is 11.6. The Morgan fingerprint density at radius 2 is 1.79 bits per heavy atom. The van der Waals surface area contributed by atoms with E-state index in [2.05, 4.69) is 0 Å². The quantitative estimate of drug-likeness (QED) is 0.757. The molecule has 2 aromatic carbocycles. The van der Waals surface area contributed by atoms with Crippen molar-refractivity contribution in [1.29, 1.82) is 0 Å². The van der Waals surface area contributed by atoms with Gasteiger partial charge in [-0.1, -0.05) is 35.9 Å². The Kier molecular flexibility index (Phi) is 2.64. The third kappa shape index (κ3) is 1.75. The first-order chi connectivity index (χ1) is 9.01. The van der Waals surface area contributed by atoms with Crippen LogP contribution in [0.3, 0.4) is 0 Å². The highest BCUT2D eigenvalue weighted by atomic mass is 35.5. The molecule has 3 rings (SSSR count). The van der Waals surface area contributed by atoms with Crippen LogP contribution in [0.4, 0.5) is 11.4 Å². The van der Waals surface area contributed by atoms with Crippen LogP contribution in [0.1, 0.15) is 19.4 Å². The average Bonchev–Trinajstić information content (AvgIpc) is 2.58. The van der Waals surface area contributed by atoms with E-state index >= 15 is 0 Å². The Labute approximate surface area is 117 Å². The van der Waals surface area contributed by atoms with E-state index in [4.69, 9.17) is 11.6 Å². The van der Waals surface area contributed by atoms with Gasteiger partial charge in [0.2, 0.25) is 5.91 Å². The van der Waals surface area contributed by atoms with Gasteiger partial charge in [-0.3, -0.25) is 9.69 Å². The minimum Gasteiger partial charge on any atom is -0.280 e. The molecule has 0 saturated carbocycles. The van der Waals surface area contributed by atoms with Crippen LogP contribution in [0.25, 0.3) is 0 Å². The summed E-state index contributed by atoms with van der Waals surface area (Å²) < 4.78 is 0. The fourth-order valence-corrected chi connectivity index (χ4v) is 2.76. The van der Waals surface area contributed by atoms with E-state index in [9.17, 15) is 4.79 Å². The van der Waals surface area contributed by atoms with Crippen molar-refractivity contribution in [2.75, 3.05) is 4.90 Å². The molecule has 1 aliphatic rings. The topological polar surface area (TPSA) is 20.3 Å². The van der Waals surface area contributed by atoms with Crippen LogP contribution >= 0.6 is 11.6 Å². The van der Waals surface area contributed by atoms with Gasteiger partial charge in [0, 0.05) is 5.02 Å². The van der Waals surface area contributed by atoms with Crippen LogP contribution in [0, 0.1) is 0 Å². The minimum absolute atomic E-state index is 0.0796. The summed E-state index contributed by atoms with van der Waals surface area (Å²) in [6.45, 7) is 3.91. The van der Waals surface area contributed by atoms with E-state index in [-0.39, 0.29) is 5.91 Å². The Morgan fingerprint density at radius 1 is 1.05 bits per heavy atom. The maximum Gasteiger partial charge on any atom is 0.241 e. The highest BCUT2D eigenvalue weighted by molar-refractivity contribution is 6.31. The third-order valence-electron chi connectivity index (χ3n) is 3.62. The third-order valence-corrected chi connectivity index (χ3v) is 3.86. The molecule has 19 heavy (non-hydrogen) atoms. The van der Waals surface area contributed by atoms with Gasteiger partial charge in [0.15, 0.2) is 0 Å². The van der Waals surface area contributed by atoms with E-state index in [0.29, 0.717) is 5.02 Å². The molecular formula is C16H14ClNO. The van der Waals surface area contributed by atoms with Gasteiger partial charge in [-0.25, -0.2) is 0 Å². The molecule has 0 bridgehead atoms. The Hall–Kier alpha value is -1.80. The van der Waals surface area contributed by atoms with Crippen molar-refractivity contribution in [2.24, 2.45) is 0 Å². The molecule has 1 amide bonds. The molecular weight excluding hydrogens is 258 g/mol. The van der Waals surface area contributed by atoms with Crippen molar-refractivity contribution < 1.29 is 4.79 Å². The predicted molar refractivity (Wildman–Crippen MR) is 78.1 cm³/mol. The van der Waals surface area contributed by atoms with Crippen molar-refractivity contribution in [3.05, 3.63) is 59.1 Å². The van der Waals surface area contributed by atoms with Crippen molar-refractivity contribution in [2.45, 2.75) is 19.3 Å². The molecule has 0 saturated heterocycles. The second kappa shape index (κ2) is 4.10. The van der Waals surface area contributed by atoms with Gasteiger partial charge < -0.3 is 0 Å². The number of hydrogen-bond acceptors (Lipinski definition) is 1. The molecule has 0 radical (unpaired) electrons. The molecule has 1 heterocycles. The zero-order chi connectivity index (χ0) is 13.6. The Bertz CT molecular complexity index is 663. The van der Waals surface area contributed by atoms with Crippen molar-refractivity contribution in [3.63, 3.8) is 0 Å². The molecule has 0 atom stereocenters. The number of nitrogens with zero attached hydrogens (tertiary/aromatic N) is 1. The fourth-order valence-electron chi connectivity index (χ4n) is 2.57. The molecule has 96 valence electrons. The smallest absolute Gasteiger partial charge is 0.241 e. The van der Waals surface area contributed by atoms with Crippen LogP contribution < -0.4 is 4.90 Å². The van der Waals surface area contributed by atoms with Gasteiger partial charge in [0.05, 0.1) is 16.8 Å². The number of benzene rings is 2. The number of hydrogen-bond donors (Lipinski definition) is 0. The number of halogens is 1. The number of rotatable bonds is 1. The number of para-hydroxylation sites is 1. The van der Waals surface area contributed by atoms with E-state index in [1.54, 1.807) is 4.90 Å². The summed E-state index contributed by atoms with van der Waals surface area (Å²) in [5, 5.41) is 0.632. The molecule has 0 unspecified atom stereocenters. The molecule has 0 N–H and O–H groups in total. The largest absolute Gasteiger partial charge is 0.280 e. The minimum atomic E-state index is -0.501. The highest BCUT2D eigenvalue weighted by Crippen LogP contribution is 2.45. The van der Waals surface area contributed by atoms with Crippen LogP contribution in [-0.2, 0) is 10.2 Å². The standard InChI is InChI=1S/C16H14ClNO/c1-16(2)13-8-3-4-9-14(13)18(15(16)19)12-7-5-6-11(17)10-12/h3-10H,1-2H3. The van der Waals surface area contributed by atoms with Crippen molar-refractivity contribution >= 4 is 28.9 Å². The first-order valence-corrected chi connectivity index (χ1v) is 6.59. The summed E-state index contributed by atoms with van der Waals surface area (Å²) in [5.41, 5.74) is 2.31. The summed E-state index contributed by atoms with van der Waals surface area (Å²) in [5.74, 6) is 0.0796. The fraction of sp³-hybridized carbons (Fsp3) is 0.188. The molecule has 2 nitrogen and oxygen atoms in total. The number of fused-ring (bicyclic) bond motifs is 1. The zero-order valence-electron chi connectivity index (χ0n) is 10.9. The summed E-state index contributed by atoms with van der Waals surface area (Å²) in [6.07, 6.45) is 0. The SMILES string of the molecule is CC1(C)C(=O)N(c2cccc(Cl)c2)c2ccccc21. The molecule has 3 heteroatoms. The lowest BCUT2D eigenvalue weighted by Gasteiger charge is -2.20. The van der Waals surface area contributed by atoms with Crippen molar-refractivity contribution in [1.82, 2.24) is 0 Å². The molecule has 0 spiro atoms. The van der Waals surface area contributed by atoms with Crippen LogP contribution in [0.2, 0.25) is 5.02 Å². The number of amides is 1. The van der Waals surface area contributed by atoms with Gasteiger partial charge >= 0.3 is 0 Å². The lowest BCUT2D eigenvalue weighted by Crippen LogP contribution is -2.33. The maximum atomic E-state index is 12.7. The maximum absolute atomic E-state index is 12.7. The van der Waals surface area contributed by atoms with Crippen LogP contribution in [0.15, 0.2) is 48.5 Å². The number of carbonyl (C=O) groups excluding carboxylic acids is 1. The molecule has 0 fully saturated rings. The predicted octanol–water partition coefficient (Wildman–Crippen LogP) is 4.30. The van der Waals surface area contributed by atoms with E-state index in [1.807, 2.05) is 62.4 Å². The summed E-state index contributed by atoms with van der Waals surface area (Å²) >= 11 is 6.03. The normalized spacial score (nSPS) is 16.6. The molecule has 1 aliphatic heterocycles. The second-order valence-electron chi connectivity index (χ2n) is 5.26. The number of anilines is 2. The first kappa shape index (κ1) is 12.2. The Balaban J connectivity index is 2.21. The van der Waals surface area contributed by atoms with Crippen LogP contribution in [-0.4, -0.2) is 5.91 Å². The Morgan fingerprint density at radius 3 is 2.53 bits per heavy atom. The van der Waals surface area contributed by atoms with E-state index < -0.39 is 5.41 Å². The lowest BCUT2D eigenvalue weighted by atomic mass is 9.86. The highest BCUT2D eigenvalue weighted by Gasteiger charge is 2.44. The summed E-state index contributed by atoms with van der Waals surface area (Å²) in [7, 11) is 0. The molecule has 0 aromatic heterocycles. The van der Waals surface area contributed by atoms with Gasteiger partial charge in [-0.2, -0.15) is 0 Å². The van der Waals surface area contributed by atoms with E-state index in [1.165, 1.54) is 0 Å². The molecule has 2 aromatic rings. The summed E-state index contributed by atoms with van der Waals surface area (Å²) in [6, 6.07) is 15.3. The van der Waals surface area contributed by atoms with Gasteiger partial charge in [-0.05, 0) is 43.7 Å². The van der Waals surface area contributed by atoms with Crippen molar-refractivity contribution in [3.8, 4) is 0 Å². The van der Waals surface area contributed by atoms with Gasteiger partial charge in [-0.15, -0.1) is 0 Å². The average molecular weight is 272 g/mol. The van der Waals surface area contributed by atoms with Gasteiger partial charge in [0.25, 0.3) is 0 Å². The van der Waals surface area contributed by atoms with Crippen LogP contribution in [0.5, 0.6) is 0 Å². The second-order valence-corrected chi connectivity index (χ2v) is 5.70. The van der Waals surface area contributed by atoms with Gasteiger partial charge in [0.1, 0.15) is 0 Å². The first-order valence-electron chi connectivity index (χ1n) is 6.21. The summed E-state index contributed by atoms with van der Waals surface area (Å²) in [4.78, 5) is 14.4. The monoisotopic (exact) mass is 271 g/mol. The number of carbonyl (C=O) groups is 1.